The van der Waals surface area contributed by atoms with E-state index >= 15 is 0 Å². The third-order valence-corrected chi connectivity index (χ3v) is 17.6. The number of nitrogens with zero attached hydrogens (tertiary/aromatic N) is 3. The summed E-state index contributed by atoms with van der Waals surface area (Å²) in [7, 11) is -11.8. The highest BCUT2D eigenvalue weighted by Crippen LogP contribution is 2.43. The van der Waals surface area contributed by atoms with Crippen LogP contribution in [0, 0.1) is 13.8 Å². The summed E-state index contributed by atoms with van der Waals surface area (Å²) >= 11 is 0. The first-order chi connectivity index (χ1) is 43.8. The molecule has 0 saturated heterocycles. The van der Waals surface area contributed by atoms with Crippen molar-refractivity contribution in [2.75, 3.05) is 43.1 Å². The lowest BCUT2D eigenvalue weighted by atomic mass is 9.76. The summed E-state index contributed by atoms with van der Waals surface area (Å²) in [6.45, 7) is 6.43. The number of carbonyl (C=O) groups excluding carboxylic acids is 5. The molecule has 0 aliphatic rings. The molecule has 0 saturated carbocycles. The first-order valence-electron chi connectivity index (χ1n) is 28.9. The van der Waals surface area contributed by atoms with Crippen molar-refractivity contribution in [3.05, 3.63) is 189 Å². The predicted octanol–water partition coefficient (Wildman–Crippen LogP) is 6.18. The molecule has 5 aromatic carbocycles. The molecule has 14 N–H and O–H groups in total. The van der Waals surface area contributed by atoms with Crippen LogP contribution in [-0.2, 0) is 53.1 Å². The second-order valence-corrected chi connectivity index (χ2v) is 27.5. The smallest absolute Gasteiger partial charge is 0.408 e. The van der Waals surface area contributed by atoms with Gasteiger partial charge < -0.3 is 78.4 Å². The van der Waals surface area contributed by atoms with Crippen LogP contribution in [0.4, 0.5) is 10.7 Å². The van der Waals surface area contributed by atoms with Gasteiger partial charge in [-0.05, 0) is 98.7 Å². The third kappa shape index (κ3) is 19.3. The van der Waals surface area contributed by atoms with Crippen molar-refractivity contribution >= 4 is 84.3 Å². The minimum Gasteiger partial charge on any atom is -0.494 e. The quantitative estimate of drug-likeness (QED) is 0.0176. The number of aliphatic carboxylic acids is 1. The van der Waals surface area contributed by atoms with Crippen molar-refractivity contribution < 1.29 is 79.1 Å². The molecule has 93 heavy (non-hydrogen) atoms. The van der Waals surface area contributed by atoms with Crippen molar-refractivity contribution in [1.82, 2.24) is 45.4 Å². The van der Waals surface area contributed by atoms with E-state index in [9.17, 15) is 74.4 Å². The summed E-state index contributed by atoms with van der Waals surface area (Å²) in [5, 5.41) is 25.2. The number of aryl methyl sites for hydroxylation is 3. The van der Waals surface area contributed by atoms with Crippen LogP contribution in [-0.4, -0.2) is 152 Å². The number of benzene rings is 5. The van der Waals surface area contributed by atoms with Crippen LogP contribution in [0.5, 0.6) is 5.75 Å². The lowest BCUT2D eigenvalue weighted by molar-refractivity contribution is -0.138. The maximum absolute atomic E-state index is 13.9. The van der Waals surface area contributed by atoms with Crippen LogP contribution in [0.15, 0.2) is 150 Å². The number of hydrogen-bond donors (Lipinski definition) is 14. The summed E-state index contributed by atoms with van der Waals surface area (Å²) in [5.74, 6) is -6.98. The molecule has 0 radical (unpaired) electrons. The molecular formula is C62H76N10O18S3. The van der Waals surface area contributed by atoms with E-state index in [1.807, 2.05) is 77.5 Å². The monoisotopic (exact) mass is 1340 g/mol. The maximum Gasteiger partial charge on any atom is 0.408 e. The van der Waals surface area contributed by atoms with Gasteiger partial charge >= 0.3 is 12.1 Å². The van der Waals surface area contributed by atoms with E-state index < -0.39 is 120 Å². The van der Waals surface area contributed by atoms with Crippen LogP contribution in [0.1, 0.15) is 77.4 Å². The van der Waals surface area contributed by atoms with Crippen LogP contribution in [0.3, 0.4) is 0 Å². The number of sulfonamides is 1. The Morgan fingerprint density at radius 1 is 0.688 bits per heavy atom. The number of carboxylic acid groups (broad SMARTS) is 1. The Labute approximate surface area is 539 Å². The van der Waals surface area contributed by atoms with E-state index in [2.05, 4.69) is 67.0 Å². The Morgan fingerprint density at radius 2 is 1.24 bits per heavy atom. The van der Waals surface area contributed by atoms with Gasteiger partial charge in [0.05, 0.1) is 50.3 Å². The number of rotatable bonds is 30. The third-order valence-electron chi connectivity index (χ3n) is 14.3. The number of anilines is 1. The topological polar surface area (TPSA) is 421 Å². The van der Waals surface area contributed by atoms with Gasteiger partial charge in [0.1, 0.15) is 40.6 Å². The van der Waals surface area contributed by atoms with E-state index in [-0.39, 0.29) is 71.8 Å². The molecule has 0 aliphatic carbocycles. The molecule has 0 aliphatic heterocycles. The molecule has 500 valence electrons. The highest BCUT2D eigenvalue weighted by atomic mass is 32.3. The average molecular weight is 1350 g/mol. The van der Waals surface area contributed by atoms with Gasteiger partial charge in [0.2, 0.25) is 39.1 Å². The van der Waals surface area contributed by atoms with E-state index in [1.165, 1.54) is 52.9 Å². The van der Waals surface area contributed by atoms with Gasteiger partial charge in [-0.1, -0.05) is 97.1 Å². The largest absolute Gasteiger partial charge is 0.494 e. The van der Waals surface area contributed by atoms with Crippen molar-refractivity contribution in [3.8, 4) is 5.75 Å². The summed E-state index contributed by atoms with van der Waals surface area (Å²) in [4.78, 5) is 95.7. The number of hydrogen-bond acceptors (Lipinski definition) is 19. The van der Waals surface area contributed by atoms with Crippen molar-refractivity contribution in [2.45, 2.75) is 88.2 Å². The van der Waals surface area contributed by atoms with E-state index in [1.54, 1.807) is 29.9 Å². The fourth-order valence-electron chi connectivity index (χ4n) is 10.3. The normalized spacial score (nSPS) is 13.4. The molecule has 3 atom stereocenters. The first-order valence-corrected chi connectivity index (χ1v) is 33.7. The van der Waals surface area contributed by atoms with Gasteiger partial charge in [0.25, 0.3) is 5.91 Å². The minimum atomic E-state index is -4.59. The molecule has 0 fully saturated rings. The van der Waals surface area contributed by atoms with Crippen molar-refractivity contribution in [1.29, 1.82) is 0 Å². The molecular weight excluding hydrogens is 1270 g/mol. The molecule has 31 heteroatoms. The summed E-state index contributed by atoms with van der Waals surface area (Å²) in [5.41, 5.74) is 1.77. The number of fused-ring (bicyclic) bond motifs is 1. The number of alkyl carbamates (subject to hydrolysis) is 1. The number of carboxylic acids is 1. The van der Waals surface area contributed by atoms with Crippen molar-refractivity contribution in [2.24, 2.45) is 7.05 Å². The molecule has 7 aromatic rings. The van der Waals surface area contributed by atoms with Crippen molar-refractivity contribution in [3.63, 3.8) is 0 Å². The molecule has 5 amide bonds. The summed E-state index contributed by atoms with van der Waals surface area (Å²) in [6.07, 6.45) is 3.82. The molecule has 0 spiro atoms. The lowest BCUT2D eigenvalue weighted by Crippen LogP contribution is -2.57. The van der Waals surface area contributed by atoms with Gasteiger partial charge in [-0.15, -0.1) is 0 Å². The Morgan fingerprint density at radius 3 is 1.77 bits per heavy atom. The number of nitrogens with one attached hydrogen (secondary N) is 7. The zero-order chi connectivity index (χ0) is 68.1. The Balaban J connectivity index is 0.907. The highest BCUT2D eigenvalue weighted by Gasteiger charge is 2.40. The fraction of sp³-hybridized carbons (Fsp3) is 0.323. The summed E-state index contributed by atoms with van der Waals surface area (Å²) in [6, 6.07) is 32.6. The zero-order valence-electron chi connectivity index (χ0n) is 51.6. The van der Waals surface area contributed by atoms with E-state index in [0.717, 1.165) is 22.3 Å². The molecule has 2 heterocycles. The predicted molar refractivity (Wildman–Crippen MR) is 350 cm³/mol. The molecule has 0 bridgehead atoms. The molecule has 28 nitrogen and oxygen atoms in total. The van der Waals surface area contributed by atoms with E-state index in [4.69, 9.17) is 14.5 Å². The average Bonchev–Trinajstić information content (AvgIpc) is 1.72. The Bertz CT molecular complexity index is 3870. The second-order valence-electron chi connectivity index (χ2n) is 22.7. The van der Waals surface area contributed by atoms with Gasteiger partial charge in [-0.3, -0.25) is 33.3 Å². The molecule has 0 unspecified atom stereocenters. The van der Waals surface area contributed by atoms with E-state index in [0.29, 0.717) is 11.5 Å². The van der Waals surface area contributed by atoms with Gasteiger partial charge in [-0.2, -0.15) is 4.72 Å². The maximum atomic E-state index is 13.9. The fourth-order valence-corrected chi connectivity index (χ4v) is 13.3. The first kappa shape index (κ1) is 71.5. The Hall–Kier alpha value is -8.89. The standard InChI is InChI=1S/C62H76N10O18S3/c1-39-31-45(89-30-16-23-52(73)63-26-27-64-56(76)49(37-91(81,82)83)68-57(77)50(38-92(84,85)86)69-60(80)90-61(3,4)5)32-40(2)54(39)93(87,88)70-48(58(78)79)35-66-55(75)47-36-71(6)51-33-41(24-25-46(51)53(47)74)34-67-59-65-28-29-72(59)62(42-17-10-7-11-18-42,43-19-12-8-13-20-43)44-21-14-9-15-22-44/h7-15,17-22,24-25,28-29,31-33,36,48-50,70,81-86H,16,23,26-27,30,34-35,37-38H2,1-6H3,(H,63,73)(H,64,76)(H,65,67)(H,66,75)(H,68,77)(H,69,80)(H,78,79)/t48-,49-,50-/m0/s1. The van der Waals surface area contributed by atoms with Crippen LogP contribution >= 0.6 is 21.7 Å². The summed E-state index contributed by atoms with van der Waals surface area (Å²) < 4.78 is 102. The van der Waals surface area contributed by atoms with Crippen LogP contribution in [0.25, 0.3) is 10.9 Å². The number of ether oxygens (including phenoxy) is 2. The number of aromatic nitrogens is 3. The van der Waals surface area contributed by atoms with Crippen LogP contribution in [0.2, 0.25) is 0 Å². The van der Waals surface area contributed by atoms with Gasteiger partial charge in [0.15, 0.2) is 0 Å². The molecule has 2 aromatic heterocycles. The highest BCUT2D eigenvalue weighted by molar-refractivity contribution is 8.19. The van der Waals surface area contributed by atoms with Gasteiger partial charge in [0, 0.05) is 63.6 Å². The molecule has 7 rings (SSSR count). The minimum absolute atomic E-state index is 0.0348. The number of pyridine rings is 1. The SMILES string of the molecule is Cc1cc(OCCCC(=O)NCCNC(=O)[C@H](CS(O)(O)O)NC(=O)[C@H](CS(O)(O)O)NC(=O)OC(C)(C)C)cc(C)c1S(=O)(=O)N[C@@H](CNC(=O)c1cn(C)c2cc(CNc3nccn3C(c3ccccc3)(c3ccccc3)c3ccccc3)ccc2c1=O)C(=O)O. The number of carbonyl (C=O) groups is 6. The van der Waals surface area contributed by atoms with Crippen LogP contribution < -0.4 is 46.8 Å². The number of imidazole rings is 1. The number of amides is 5. The lowest BCUT2D eigenvalue weighted by Gasteiger charge is -2.38. The second kappa shape index (κ2) is 30.7. The zero-order valence-corrected chi connectivity index (χ0v) is 54.0. The van der Waals surface area contributed by atoms with Gasteiger partial charge in [-0.25, -0.2) is 18.2 Å². The Kier molecular flexibility index (Phi) is 23.6.